The Kier molecular flexibility index (Phi) is 3.11. The first-order valence-corrected chi connectivity index (χ1v) is 5.66. The maximum atomic E-state index is 11.6. The van der Waals surface area contributed by atoms with Crippen molar-refractivity contribution < 1.29 is 9.90 Å². The van der Waals surface area contributed by atoms with Crippen molar-refractivity contribution >= 4 is 6.03 Å². The first-order chi connectivity index (χ1) is 7.20. The molecule has 2 saturated heterocycles. The van der Waals surface area contributed by atoms with Crippen LogP contribution in [0.25, 0.3) is 0 Å². The van der Waals surface area contributed by atoms with Gasteiger partial charge in [0.2, 0.25) is 0 Å². The van der Waals surface area contributed by atoms with Crippen LogP contribution in [0.15, 0.2) is 0 Å². The molecule has 5 heteroatoms. The number of carbonyl (C=O) groups is 1. The summed E-state index contributed by atoms with van der Waals surface area (Å²) < 4.78 is 0. The molecule has 2 aliphatic rings. The van der Waals surface area contributed by atoms with E-state index in [1.54, 1.807) is 0 Å². The molecular weight excluding hydrogens is 194 g/mol. The highest BCUT2D eigenvalue weighted by molar-refractivity contribution is 5.74. The van der Waals surface area contributed by atoms with E-state index in [0.29, 0.717) is 19.5 Å². The van der Waals surface area contributed by atoms with Gasteiger partial charge in [0.1, 0.15) is 0 Å². The Morgan fingerprint density at radius 2 is 2.20 bits per heavy atom. The van der Waals surface area contributed by atoms with E-state index < -0.39 is 5.60 Å². The Bertz CT molecular complexity index is 233. The molecule has 2 amide bonds. The van der Waals surface area contributed by atoms with E-state index >= 15 is 0 Å². The maximum absolute atomic E-state index is 11.6. The van der Waals surface area contributed by atoms with E-state index in [-0.39, 0.29) is 6.03 Å². The van der Waals surface area contributed by atoms with Gasteiger partial charge in [0.15, 0.2) is 0 Å². The van der Waals surface area contributed by atoms with Crippen LogP contribution in [0, 0.1) is 0 Å². The third-order valence-electron chi connectivity index (χ3n) is 3.18. The summed E-state index contributed by atoms with van der Waals surface area (Å²) in [4.78, 5) is 13.4. The number of hydrogen-bond acceptors (Lipinski definition) is 3. The Hall–Kier alpha value is -0.810. The Morgan fingerprint density at radius 3 is 2.80 bits per heavy atom. The molecule has 0 saturated carbocycles. The average molecular weight is 213 g/mol. The van der Waals surface area contributed by atoms with Gasteiger partial charge in [0, 0.05) is 26.2 Å². The molecule has 2 aliphatic heterocycles. The van der Waals surface area contributed by atoms with Gasteiger partial charge in [-0.25, -0.2) is 4.79 Å². The van der Waals surface area contributed by atoms with Crippen molar-refractivity contribution in [2.75, 3.05) is 32.7 Å². The molecule has 1 atom stereocenters. The topological polar surface area (TPSA) is 64.6 Å². The summed E-state index contributed by atoms with van der Waals surface area (Å²) in [5.41, 5.74) is -0.741. The summed E-state index contributed by atoms with van der Waals surface area (Å²) in [7, 11) is 0. The SMILES string of the molecule is O=C(NCC1(O)CCNC1)N1CCCC1. The minimum Gasteiger partial charge on any atom is -0.387 e. The zero-order valence-corrected chi connectivity index (χ0v) is 8.96. The van der Waals surface area contributed by atoms with Gasteiger partial charge < -0.3 is 20.6 Å². The van der Waals surface area contributed by atoms with Crippen LogP contribution in [0.2, 0.25) is 0 Å². The fourth-order valence-corrected chi connectivity index (χ4v) is 2.15. The molecule has 0 bridgehead atoms. The summed E-state index contributed by atoms with van der Waals surface area (Å²) in [6.07, 6.45) is 2.91. The second-order valence-corrected chi connectivity index (χ2v) is 4.50. The third kappa shape index (κ3) is 2.60. The highest BCUT2D eigenvalue weighted by atomic mass is 16.3. The fraction of sp³-hybridized carbons (Fsp3) is 0.900. The molecule has 0 radical (unpaired) electrons. The van der Waals surface area contributed by atoms with Gasteiger partial charge in [-0.3, -0.25) is 0 Å². The molecule has 2 heterocycles. The van der Waals surface area contributed by atoms with Crippen LogP contribution in [0.5, 0.6) is 0 Å². The average Bonchev–Trinajstić information content (AvgIpc) is 2.85. The third-order valence-corrected chi connectivity index (χ3v) is 3.18. The summed E-state index contributed by atoms with van der Waals surface area (Å²) in [6, 6.07) is -0.0344. The molecule has 2 rings (SSSR count). The van der Waals surface area contributed by atoms with Gasteiger partial charge in [-0.05, 0) is 25.8 Å². The van der Waals surface area contributed by atoms with E-state index in [0.717, 1.165) is 32.5 Å². The molecule has 1 unspecified atom stereocenters. The number of urea groups is 1. The standard InChI is InChI=1S/C10H19N3O2/c14-9(13-5-1-2-6-13)12-8-10(15)3-4-11-7-10/h11,15H,1-8H2,(H,12,14). The molecule has 0 aromatic heterocycles. The number of aliphatic hydroxyl groups is 1. The van der Waals surface area contributed by atoms with Crippen LogP contribution in [0.1, 0.15) is 19.3 Å². The smallest absolute Gasteiger partial charge is 0.317 e. The van der Waals surface area contributed by atoms with Crippen molar-refractivity contribution in [1.29, 1.82) is 0 Å². The van der Waals surface area contributed by atoms with E-state index in [1.165, 1.54) is 0 Å². The van der Waals surface area contributed by atoms with Gasteiger partial charge >= 0.3 is 6.03 Å². The highest BCUT2D eigenvalue weighted by Gasteiger charge is 2.31. The maximum Gasteiger partial charge on any atom is 0.317 e. The van der Waals surface area contributed by atoms with Crippen molar-refractivity contribution in [1.82, 2.24) is 15.5 Å². The van der Waals surface area contributed by atoms with Crippen LogP contribution in [0.3, 0.4) is 0 Å². The molecule has 3 N–H and O–H groups in total. The Morgan fingerprint density at radius 1 is 1.47 bits per heavy atom. The predicted molar refractivity (Wildman–Crippen MR) is 56.6 cm³/mol. The lowest BCUT2D eigenvalue weighted by Gasteiger charge is -2.24. The van der Waals surface area contributed by atoms with Gasteiger partial charge in [-0.2, -0.15) is 0 Å². The van der Waals surface area contributed by atoms with Gasteiger partial charge in [-0.15, -0.1) is 0 Å². The summed E-state index contributed by atoms with van der Waals surface area (Å²) in [5, 5.41) is 15.9. The zero-order chi connectivity index (χ0) is 10.7. The number of nitrogens with one attached hydrogen (secondary N) is 2. The monoisotopic (exact) mass is 213 g/mol. The largest absolute Gasteiger partial charge is 0.387 e. The second kappa shape index (κ2) is 4.37. The van der Waals surface area contributed by atoms with E-state index in [1.807, 2.05) is 4.90 Å². The van der Waals surface area contributed by atoms with Crippen molar-refractivity contribution in [2.45, 2.75) is 24.9 Å². The van der Waals surface area contributed by atoms with Crippen LogP contribution >= 0.6 is 0 Å². The predicted octanol–water partition coefficient (Wildman–Crippen LogP) is -0.484. The zero-order valence-electron chi connectivity index (χ0n) is 8.96. The summed E-state index contributed by atoms with van der Waals surface area (Å²) in [5.74, 6) is 0. The van der Waals surface area contributed by atoms with E-state index in [4.69, 9.17) is 0 Å². The molecule has 2 fully saturated rings. The minimum absolute atomic E-state index is 0.0344. The summed E-state index contributed by atoms with van der Waals surface area (Å²) >= 11 is 0. The lowest BCUT2D eigenvalue weighted by atomic mass is 10.0. The van der Waals surface area contributed by atoms with Crippen molar-refractivity contribution in [3.8, 4) is 0 Å². The number of β-amino-alcohol motifs (C(OH)–C–C–N with tert-alkyl or cyclic N) is 1. The Labute approximate surface area is 89.8 Å². The number of nitrogens with zero attached hydrogens (tertiary/aromatic N) is 1. The Balaban J connectivity index is 1.74. The molecule has 0 aliphatic carbocycles. The highest BCUT2D eigenvalue weighted by Crippen LogP contribution is 2.13. The normalized spacial score (nSPS) is 30.9. The molecule has 0 spiro atoms. The van der Waals surface area contributed by atoms with Crippen molar-refractivity contribution in [3.05, 3.63) is 0 Å². The van der Waals surface area contributed by atoms with Crippen molar-refractivity contribution in [2.24, 2.45) is 0 Å². The van der Waals surface area contributed by atoms with Crippen LogP contribution < -0.4 is 10.6 Å². The first-order valence-electron chi connectivity index (χ1n) is 5.66. The lowest BCUT2D eigenvalue weighted by Crippen LogP contribution is -2.48. The molecule has 5 nitrogen and oxygen atoms in total. The van der Waals surface area contributed by atoms with Gasteiger partial charge in [0.25, 0.3) is 0 Å². The number of rotatable bonds is 2. The van der Waals surface area contributed by atoms with Crippen LogP contribution in [-0.4, -0.2) is 54.4 Å². The molecule has 0 aromatic carbocycles. The molecule has 0 aromatic rings. The number of likely N-dealkylation sites (tertiary alicyclic amines) is 1. The first kappa shape index (κ1) is 10.7. The second-order valence-electron chi connectivity index (χ2n) is 4.50. The minimum atomic E-state index is -0.741. The number of amides is 2. The summed E-state index contributed by atoms with van der Waals surface area (Å²) in [6.45, 7) is 3.46. The van der Waals surface area contributed by atoms with Crippen LogP contribution in [0.4, 0.5) is 4.79 Å². The van der Waals surface area contributed by atoms with E-state index in [2.05, 4.69) is 10.6 Å². The molecular formula is C10H19N3O2. The van der Waals surface area contributed by atoms with Crippen molar-refractivity contribution in [3.63, 3.8) is 0 Å². The van der Waals surface area contributed by atoms with Gasteiger partial charge in [-0.1, -0.05) is 0 Å². The van der Waals surface area contributed by atoms with Crippen LogP contribution in [-0.2, 0) is 0 Å². The molecule has 15 heavy (non-hydrogen) atoms. The van der Waals surface area contributed by atoms with Gasteiger partial charge in [0.05, 0.1) is 5.60 Å². The number of hydrogen-bond donors (Lipinski definition) is 3. The molecule has 86 valence electrons. The number of carbonyl (C=O) groups excluding carboxylic acids is 1. The quantitative estimate of drug-likeness (QED) is 0.580. The van der Waals surface area contributed by atoms with E-state index in [9.17, 15) is 9.90 Å². The lowest BCUT2D eigenvalue weighted by molar-refractivity contribution is 0.0619. The fourth-order valence-electron chi connectivity index (χ4n) is 2.15.